The normalized spacial score (nSPS) is 19.7. The van der Waals surface area contributed by atoms with E-state index in [9.17, 15) is 13.2 Å². The second kappa shape index (κ2) is 5.76. The van der Waals surface area contributed by atoms with Gasteiger partial charge in [-0.1, -0.05) is 12.8 Å². The molecule has 1 saturated carbocycles. The van der Waals surface area contributed by atoms with Gasteiger partial charge in [-0.3, -0.25) is 4.79 Å². The summed E-state index contributed by atoms with van der Waals surface area (Å²) in [6.07, 6.45) is 3.57. The first-order valence-electron chi connectivity index (χ1n) is 5.60. The quantitative estimate of drug-likeness (QED) is 0.581. The molecule has 8 heteroatoms. The standard InChI is InChI=1S/C9H19N3O4S/c10-8(9(13)14)5-6-12(17(11,15)16)7-3-1-2-4-7/h7-8H,1-6,10H2,(H,13,14)(H2,11,15,16). The number of nitrogens with zero attached hydrogens (tertiary/aromatic N) is 1. The van der Waals surface area contributed by atoms with Crippen LogP contribution in [0.2, 0.25) is 0 Å². The molecule has 0 aromatic carbocycles. The molecule has 1 aliphatic carbocycles. The van der Waals surface area contributed by atoms with Crippen molar-refractivity contribution in [3.05, 3.63) is 0 Å². The summed E-state index contributed by atoms with van der Waals surface area (Å²) in [5, 5.41) is 13.8. The van der Waals surface area contributed by atoms with E-state index >= 15 is 0 Å². The average Bonchev–Trinajstić information content (AvgIpc) is 2.68. The molecule has 0 radical (unpaired) electrons. The summed E-state index contributed by atoms with van der Waals surface area (Å²) in [5.41, 5.74) is 5.34. The van der Waals surface area contributed by atoms with Crippen LogP contribution in [0, 0.1) is 0 Å². The lowest BCUT2D eigenvalue weighted by molar-refractivity contribution is -0.138. The van der Waals surface area contributed by atoms with E-state index in [-0.39, 0.29) is 19.0 Å². The van der Waals surface area contributed by atoms with E-state index in [0.29, 0.717) is 0 Å². The fourth-order valence-electron chi connectivity index (χ4n) is 2.10. The van der Waals surface area contributed by atoms with Crippen LogP contribution in [0.25, 0.3) is 0 Å². The third kappa shape index (κ3) is 4.23. The zero-order chi connectivity index (χ0) is 13.1. The zero-order valence-electron chi connectivity index (χ0n) is 9.58. The molecule has 0 spiro atoms. The van der Waals surface area contributed by atoms with Gasteiger partial charge in [0.05, 0.1) is 0 Å². The Morgan fingerprint density at radius 3 is 2.35 bits per heavy atom. The Morgan fingerprint density at radius 1 is 1.41 bits per heavy atom. The Labute approximate surface area is 101 Å². The van der Waals surface area contributed by atoms with Gasteiger partial charge in [-0.25, -0.2) is 5.14 Å². The van der Waals surface area contributed by atoms with Crippen LogP contribution in [0.15, 0.2) is 0 Å². The van der Waals surface area contributed by atoms with E-state index in [1.165, 1.54) is 4.31 Å². The van der Waals surface area contributed by atoms with Gasteiger partial charge in [0.1, 0.15) is 6.04 Å². The highest BCUT2D eigenvalue weighted by molar-refractivity contribution is 7.86. The maximum Gasteiger partial charge on any atom is 0.320 e. The number of rotatable bonds is 6. The van der Waals surface area contributed by atoms with Crippen LogP contribution in [0.3, 0.4) is 0 Å². The summed E-state index contributed by atoms with van der Waals surface area (Å²) < 4.78 is 24.0. The van der Waals surface area contributed by atoms with Gasteiger partial charge < -0.3 is 10.8 Å². The van der Waals surface area contributed by atoms with Gasteiger partial charge in [-0.05, 0) is 19.3 Å². The minimum Gasteiger partial charge on any atom is -0.480 e. The molecular weight excluding hydrogens is 246 g/mol. The number of carboxylic acids is 1. The second-order valence-electron chi connectivity index (χ2n) is 4.33. The molecule has 0 aliphatic heterocycles. The molecule has 7 nitrogen and oxygen atoms in total. The Kier molecular flexibility index (Phi) is 4.87. The molecule has 0 saturated heterocycles. The minimum atomic E-state index is -3.78. The van der Waals surface area contributed by atoms with Crippen molar-refractivity contribution in [3.8, 4) is 0 Å². The molecule has 1 fully saturated rings. The summed E-state index contributed by atoms with van der Waals surface area (Å²) in [4.78, 5) is 10.6. The first-order valence-corrected chi connectivity index (χ1v) is 7.10. The molecule has 0 amide bonds. The van der Waals surface area contributed by atoms with Crippen LogP contribution >= 0.6 is 0 Å². The summed E-state index contributed by atoms with van der Waals surface area (Å²) in [7, 11) is -3.78. The lowest BCUT2D eigenvalue weighted by Gasteiger charge is -2.26. The van der Waals surface area contributed by atoms with Gasteiger partial charge in [0.25, 0.3) is 10.2 Å². The molecule has 0 bridgehead atoms. The number of carbonyl (C=O) groups is 1. The Balaban J connectivity index is 2.62. The molecule has 1 unspecified atom stereocenters. The van der Waals surface area contributed by atoms with E-state index in [0.717, 1.165) is 25.7 Å². The second-order valence-corrected chi connectivity index (χ2v) is 5.83. The Hall–Kier alpha value is -0.700. The maximum atomic E-state index is 11.4. The number of hydrogen-bond donors (Lipinski definition) is 3. The van der Waals surface area contributed by atoms with Gasteiger partial charge >= 0.3 is 5.97 Å². The first-order chi connectivity index (χ1) is 7.82. The molecule has 0 heterocycles. The van der Waals surface area contributed by atoms with E-state index in [4.69, 9.17) is 16.0 Å². The van der Waals surface area contributed by atoms with E-state index in [1.807, 2.05) is 0 Å². The van der Waals surface area contributed by atoms with Crippen LogP contribution in [0.1, 0.15) is 32.1 Å². The summed E-state index contributed by atoms with van der Waals surface area (Å²) in [5.74, 6) is -1.13. The van der Waals surface area contributed by atoms with Gasteiger partial charge in [0.2, 0.25) is 0 Å². The lowest BCUT2D eigenvalue weighted by atomic mass is 10.2. The molecule has 17 heavy (non-hydrogen) atoms. The highest BCUT2D eigenvalue weighted by atomic mass is 32.2. The summed E-state index contributed by atoms with van der Waals surface area (Å²) in [6, 6.07) is -1.16. The predicted octanol–water partition coefficient (Wildman–Crippen LogP) is -0.763. The first kappa shape index (κ1) is 14.4. The highest BCUT2D eigenvalue weighted by Gasteiger charge is 2.30. The van der Waals surface area contributed by atoms with Crippen molar-refractivity contribution in [1.29, 1.82) is 0 Å². The SMILES string of the molecule is NC(CCN(C1CCCC1)S(N)(=O)=O)C(=O)O. The van der Waals surface area contributed by atoms with Crippen molar-refractivity contribution in [1.82, 2.24) is 4.31 Å². The molecule has 0 aromatic rings. The number of aliphatic carboxylic acids is 1. The zero-order valence-corrected chi connectivity index (χ0v) is 10.4. The number of carboxylic acid groups (broad SMARTS) is 1. The van der Waals surface area contributed by atoms with Crippen molar-refractivity contribution >= 4 is 16.2 Å². The topological polar surface area (TPSA) is 127 Å². The van der Waals surface area contributed by atoms with E-state index in [2.05, 4.69) is 0 Å². The molecule has 100 valence electrons. The van der Waals surface area contributed by atoms with Crippen LogP contribution in [-0.4, -0.2) is 42.4 Å². The van der Waals surface area contributed by atoms with Crippen molar-refractivity contribution in [2.45, 2.75) is 44.2 Å². The van der Waals surface area contributed by atoms with Crippen molar-refractivity contribution in [2.75, 3.05) is 6.54 Å². The molecule has 5 N–H and O–H groups in total. The van der Waals surface area contributed by atoms with Crippen LogP contribution in [-0.2, 0) is 15.0 Å². The number of hydrogen-bond acceptors (Lipinski definition) is 4. The molecular formula is C9H19N3O4S. The third-order valence-electron chi connectivity index (χ3n) is 3.04. The third-order valence-corrected chi connectivity index (χ3v) is 4.17. The van der Waals surface area contributed by atoms with Gasteiger partial charge in [-0.15, -0.1) is 0 Å². The predicted molar refractivity (Wildman–Crippen MR) is 62.3 cm³/mol. The lowest BCUT2D eigenvalue weighted by Crippen LogP contribution is -2.45. The molecule has 1 rings (SSSR count). The van der Waals surface area contributed by atoms with Crippen molar-refractivity contribution < 1.29 is 18.3 Å². The fourth-order valence-corrected chi connectivity index (χ4v) is 3.09. The average molecular weight is 265 g/mol. The largest absolute Gasteiger partial charge is 0.480 e. The number of nitrogens with two attached hydrogens (primary N) is 2. The maximum absolute atomic E-state index is 11.4. The van der Waals surface area contributed by atoms with E-state index in [1.54, 1.807) is 0 Å². The van der Waals surface area contributed by atoms with E-state index < -0.39 is 22.2 Å². The van der Waals surface area contributed by atoms with Crippen molar-refractivity contribution in [3.63, 3.8) is 0 Å². The van der Waals surface area contributed by atoms with Crippen LogP contribution in [0.5, 0.6) is 0 Å². The Bertz CT molecular complexity index is 364. The smallest absolute Gasteiger partial charge is 0.320 e. The van der Waals surface area contributed by atoms with Gasteiger partial charge in [0, 0.05) is 12.6 Å². The summed E-state index contributed by atoms with van der Waals surface area (Å²) in [6.45, 7) is 0.0664. The molecule has 0 aromatic heterocycles. The summed E-state index contributed by atoms with van der Waals surface area (Å²) >= 11 is 0. The van der Waals surface area contributed by atoms with Crippen LogP contribution < -0.4 is 10.9 Å². The molecule has 1 atom stereocenters. The minimum absolute atomic E-state index is 0.0664. The van der Waals surface area contributed by atoms with Gasteiger partial charge in [-0.2, -0.15) is 12.7 Å². The van der Waals surface area contributed by atoms with Crippen LogP contribution in [0.4, 0.5) is 0 Å². The Morgan fingerprint density at radius 2 is 1.94 bits per heavy atom. The molecule has 1 aliphatic rings. The highest BCUT2D eigenvalue weighted by Crippen LogP contribution is 2.24. The fraction of sp³-hybridized carbons (Fsp3) is 0.889. The monoisotopic (exact) mass is 265 g/mol. The van der Waals surface area contributed by atoms with Gasteiger partial charge in [0.15, 0.2) is 0 Å². The van der Waals surface area contributed by atoms with Crippen molar-refractivity contribution in [2.24, 2.45) is 10.9 Å².